The van der Waals surface area contributed by atoms with Crippen LogP contribution in [0.4, 0.5) is 5.13 Å². The van der Waals surface area contributed by atoms with Crippen molar-refractivity contribution in [3.8, 4) is 22.8 Å². The van der Waals surface area contributed by atoms with E-state index in [2.05, 4.69) is 31.4 Å². The number of hydrogen-bond acceptors (Lipinski definition) is 6. The molecule has 8 heteroatoms. The molecule has 0 amide bonds. The lowest BCUT2D eigenvalue weighted by Crippen LogP contribution is -2.01. The minimum atomic E-state index is 0.312. The Balaban J connectivity index is 1.43. The van der Waals surface area contributed by atoms with Gasteiger partial charge in [-0.3, -0.25) is 5.43 Å². The van der Waals surface area contributed by atoms with E-state index in [0.717, 1.165) is 37.7 Å². The van der Waals surface area contributed by atoms with E-state index in [-0.39, 0.29) is 0 Å². The number of hydrogen-bond donors (Lipinski definition) is 1. The van der Waals surface area contributed by atoms with Crippen molar-refractivity contribution in [1.29, 1.82) is 0 Å². The normalized spacial score (nSPS) is 11.0. The van der Waals surface area contributed by atoms with Crippen LogP contribution >= 0.6 is 38.9 Å². The summed E-state index contributed by atoms with van der Waals surface area (Å²) in [5.41, 5.74) is 6.78. The fraction of sp³-hybridized carbons (Fsp3) is 0.0833. The quantitative estimate of drug-likeness (QED) is 0.193. The molecule has 32 heavy (non-hydrogen) atoms. The minimum Gasteiger partial charge on any atom is -0.496 e. The van der Waals surface area contributed by atoms with Crippen LogP contribution < -0.4 is 14.9 Å². The molecule has 0 aliphatic rings. The average molecular weight is 529 g/mol. The second-order valence-corrected chi connectivity index (χ2v) is 8.89. The molecule has 1 N–H and O–H groups in total. The largest absolute Gasteiger partial charge is 0.496 e. The summed E-state index contributed by atoms with van der Waals surface area (Å²) in [7, 11) is 1.63. The number of halogens is 2. The number of nitrogens with one attached hydrogen (secondary N) is 1. The fourth-order valence-electron chi connectivity index (χ4n) is 2.97. The Hall–Kier alpha value is -2.87. The molecule has 0 aliphatic heterocycles. The Labute approximate surface area is 203 Å². The first-order chi connectivity index (χ1) is 15.6. The van der Waals surface area contributed by atoms with Gasteiger partial charge >= 0.3 is 0 Å². The molecule has 162 valence electrons. The number of methoxy groups -OCH3 is 1. The second kappa shape index (κ2) is 10.6. The molecule has 0 aliphatic carbocycles. The van der Waals surface area contributed by atoms with Gasteiger partial charge in [0, 0.05) is 21.0 Å². The summed E-state index contributed by atoms with van der Waals surface area (Å²) in [6, 6.07) is 21.3. The van der Waals surface area contributed by atoms with Crippen LogP contribution in [0.15, 0.2) is 81.7 Å². The van der Waals surface area contributed by atoms with E-state index in [1.165, 1.54) is 11.3 Å². The monoisotopic (exact) mass is 527 g/mol. The van der Waals surface area contributed by atoms with Crippen molar-refractivity contribution >= 4 is 50.2 Å². The van der Waals surface area contributed by atoms with Crippen molar-refractivity contribution in [3.63, 3.8) is 0 Å². The van der Waals surface area contributed by atoms with E-state index in [0.29, 0.717) is 17.4 Å². The van der Waals surface area contributed by atoms with Crippen LogP contribution in [-0.4, -0.2) is 18.3 Å². The van der Waals surface area contributed by atoms with Crippen LogP contribution in [0, 0.1) is 0 Å². The molecule has 0 saturated carbocycles. The number of aromatic nitrogens is 1. The van der Waals surface area contributed by atoms with Gasteiger partial charge < -0.3 is 9.47 Å². The van der Waals surface area contributed by atoms with Crippen molar-refractivity contribution in [3.05, 3.63) is 92.7 Å². The SMILES string of the molecule is COc1ccc(C=NNc2nc(-c3ccccc3)cs2)cc1COc1ccc(Br)cc1Cl. The molecule has 4 rings (SSSR count). The summed E-state index contributed by atoms with van der Waals surface area (Å²) >= 11 is 11.1. The van der Waals surface area contributed by atoms with Gasteiger partial charge in [-0.05, 0) is 42.0 Å². The summed E-state index contributed by atoms with van der Waals surface area (Å²) in [5, 5.41) is 7.59. The molecular formula is C24H19BrClN3O2S. The highest BCUT2D eigenvalue weighted by Gasteiger charge is 2.08. The maximum atomic E-state index is 6.25. The zero-order chi connectivity index (χ0) is 22.3. The number of rotatable bonds is 8. The number of nitrogens with zero attached hydrogens (tertiary/aromatic N) is 2. The third kappa shape index (κ3) is 5.68. The zero-order valence-electron chi connectivity index (χ0n) is 17.1. The van der Waals surface area contributed by atoms with Crippen LogP contribution in [0.1, 0.15) is 11.1 Å². The molecule has 0 spiro atoms. The van der Waals surface area contributed by atoms with Crippen molar-refractivity contribution in [2.75, 3.05) is 12.5 Å². The van der Waals surface area contributed by atoms with Gasteiger partial charge in [0.15, 0.2) is 0 Å². The molecular weight excluding hydrogens is 510 g/mol. The smallest absolute Gasteiger partial charge is 0.203 e. The van der Waals surface area contributed by atoms with Crippen LogP contribution in [0.3, 0.4) is 0 Å². The first-order valence-electron chi connectivity index (χ1n) is 9.67. The Bertz CT molecular complexity index is 1230. The first kappa shape index (κ1) is 22.3. The van der Waals surface area contributed by atoms with Gasteiger partial charge in [0.25, 0.3) is 0 Å². The molecule has 0 unspecified atom stereocenters. The molecule has 0 saturated heterocycles. The highest BCUT2D eigenvalue weighted by Crippen LogP contribution is 2.30. The van der Waals surface area contributed by atoms with E-state index in [9.17, 15) is 0 Å². The summed E-state index contributed by atoms with van der Waals surface area (Å²) in [6.45, 7) is 0.312. The highest BCUT2D eigenvalue weighted by atomic mass is 79.9. The van der Waals surface area contributed by atoms with Gasteiger partial charge in [0.2, 0.25) is 5.13 Å². The van der Waals surface area contributed by atoms with E-state index in [4.69, 9.17) is 21.1 Å². The third-order valence-electron chi connectivity index (χ3n) is 4.53. The third-order valence-corrected chi connectivity index (χ3v) is 6.06. The molecule has 0 atom stereocenters. The molecule has 1 aromatic heterocycles. The average Bonchev–Trinajstić information content (AvgIpc) is 3.28. The molecule has 3 aromatic carbocycles. The molecule has 4 aromatic rings. The number of benzene rings is 3. The van der Waals surface area contributed by atoms with Crippen LogP contribution in [0.2, 0.25) is 5.02 Å². The number of ether oxygens (including phenoxy) is 2. The van der Waals surface area contributed by atoms with Crippen molar-refractivity contribution in [2.24, 2.45) is 5.10 Å². The van der Waals surface area contributed by atoms with Gasteiger partial charge in [-0.1, -0.05) is 57.9 Å². The van der Waals surface area contributed by atoms with Crippen molar-refractivity contribution in [1.82, 2.24) is 4.98 Å². The summed E-state index contributed by atoms with van der Waals surface area (Å²) in [4.78, 5) is 4.57. The Morgan fingerprint density at radius 1 is 1.09 bits per heavy atom. The Kier molecular flexibility index (Phi) is 7.42. The van der Waals surface area contributed by atoms with Crippen LogP contribution in [-0.2, 0) is 6.61 Å². The Morgan fingerprint density at radius 3 is 2.69 bits per heavy atom. The molecule has 5 nitrogen and oxygen atoms in total. The van der Waals surface area contributed by atoms with Crippen LogP contribution in [0.5, 0.6) is 11.5 Å². The van der Waals surface area contributed by atoms with Gasteiger partial charge in [-0.2, -0.15) is 5.10 Å². The van der Waals surface area contributed by atoms with Gasteiger partial charge in [-0.25, -0.2) is 4.98 Å². The topological polar surface area (TPSA) is 55.7 Å². The highest BCUT2D eigenvalue weighted by molar-refractivity contribution is 9.10. The van der Waals surface area contributed by atoms with Crippen molar-refractivity contribution in [2.45, 2.75) is 6.61 Å². The zero-order valence-corrected chi connectivity index (χ0v) is 20.2. The lowest BCUT2D eigenvalue weighted by Gasteiger charge is -2.12. The Morgan fingerprint density at radius 2 is 1.91 bits per heavy atom. The fourth-order valence-corrected chi connectivity index (χ4v) is 4.36. The molecule has 0 bridgehead atoms. The lowest BCUT2D eigenvalue weighted by atomic mass is 10.1. The summed E-state index contributed by atoms with van der Waals surface area (Å²) in [5.74, 6) is 1.34. The summed E-state index contributed by atoms with van der Waals surface area (Å²) in [6.07, 6.45) is 1.74. The van der Waals surface area contributed by atoms with E-state index >= 15 is 0 Å². The van der Waals surface area contributed by atoms with E-state index in [1.807, 2.05) is 66.0 Å². The maximum absolute atomic E-state index is 6.25. The summed E-state index contributed by atoms with van der Waals surface area (Å²) < 4.78 is 12.3. The number of anilines is 1. The maximum Gasteiger partial charge on any atom is 0.203 e. The minimum absolute atomic E-state index is 0.312. The van der Waals surface area contributed by atoms with E-state index < -0.39 is 0 Å². The standard InChI is InChI=1S/C24H19BrClN3O2S/c1-30-22-9-7-16(11-18(22)14-31-23-10-8-19(25)12-20(23)26)13-27-29-24-28-21(15-32-24)17-5-3-2-4-6-17/h2-13,15H,14H2,1H3,(H,28,29). The first-order valence-corrected chi connectivity index (χ1v) is 11.7. The number of hydrazone groups is 1. The molecule has 1 heterocycles. The molecule has 0 radical (unpaired) electrons. The van der Waals surface area contributed by atoms with Gasteiger partial charge in [0.1, 0.15) is 18.1 Å². The predicted molar refractivity (Wildman–Crippen MR) is 135 cm³/mol. The predicted octanol–water partition coefficient (Wildman–Crippen LogP) is 7.26. The van der Waals surface area contributed by atoms with Crippen molar-refractivity contribution < 1.29 is 9.47 Å². The van der Waals surface area contributed by atoms with Crippen LogP contribution in [0.25, 0.3) is 11.3 Å². The van der Waals surface area contributed by atoms with Gasteiger partial charge in [0.05, 0.1) is 24.0 Å². The number of thiazole rings is 1. The van der Waals surface area contributed by atoms with E-state index in [1.54, 1.807) is 19.4 Å². The van der Waals surface area contributed by atoms with Gasteiger partial charge in [-0.15, -0.1) is 11.3 Å². The lowest BCUT2D eigenvalue weighted by molar-refractivity contribution is 0.297. The molecule has 0 fully saturated rings. The second-order valence-electron chi connectivity index (χ2n) is 6.71.